The van der Waals surface area contributed by atoms with Crippen molar-refractivity contribution in [3.8, 4) is 22.8 Å². The van der Waals surface area contributed by atoms with Crippen LogP contribution in [0.4, 0.5) is 0 Å². The Kier molecular flexibility index (Phi) is 5.08. The topological polar surface area (TPSA) is 43.6 Å². The lowest BCUT2D eigenvalue weighted by Gasteiger charge is -2.04. The largest absolute Gasteiger partial charge is 1.00 e. The molecule has 0 spiro atoms. The van der Waals surface area contributed by atoms with Gasteiger partial charge in [-0.1, -0.05) is 36.4 Å². The summed E-state index contributed by atoms with van der Waals surface area (Å²) in [6.07, 6.45) is 0. The Bertz CT molecular complexity index is 801. The third kappa shape index (κ3) is 3.55. The molecule has 1 aromatic heterocycles. The van der Waals surface area contributed by atoms with Crippen LogP contribution in [0.15, 0.2) is 65.1 Å². The van der Waals surface area contributed by atoms with Crippen molar-refractivity contribution < 1.29 is 26.3 Å². The fourth-order valence-corrected chi connectivity index (χ4v) is 2.61. The van der Waals surface area contributed by atoms with Crippen molar-refractivity contribution in [2.75, 3.05) is 6.79 Å². The molecule has 1 aliphatic rings. The second-order valence-electron chi connectivity index (χ2n) is 5.42. The second-order valence-corrected chi connectivity index (χ2v) is 5.42. The molecule has 0 saturated heterocycles. The standard InChI is InChI=1S/C19H17NO3.ClH/c1-2-4-15(5-3-1)17-9-7-16(23-17)12-20-11-14-6-8-18-19(10-14)22-13-21-18;/h1-10,20H,11-13H2;1H/p-1. The minimum atomic E-state index is 0. The molecule has 1 aliphatic heterocycles. The summed E-state index contributed by atoms with van der Waals surface area (Å²) in [7, 11) is 0. The van der Waals surface area contributed by atoms with E-state index in [0.29, 0.717) is 13.3 Å². The van der Waals surface area contributed by atoms with Gasteiger partial charge in [0.1, 0.15) is 11.5 Å². The number of hydrogen-bond donors (Lipinski definition) is 1. The van der Waals surface area contributed by atoms with Gasteiger partial charge in [-0.15, -0.1) is 0 Å². The van der Waals surface area contributed by atoms with E-state index in [2.05, 4.69) is 5.32 Å². The van der Waals surface area contributed by atoms with Crippen LogP contribution >= 0.6 is 0 Å². The van der Waals surface area contributed by atoms with Crippen LogP contribution in [0.2, 0.25) is 0 Å². The van der Waals surface area contributed by atoms with Crippen LogP contribution in [0.1, 0.15) is 11.3 Å². The van der Waals surface area contributed by atoms with Crippen LogP contribution in [0.5, 0.6) is 11.5 Å². The molecule has 0 saturated carbocycles. The summed E-state index contributed by atoms with van der Waals surface area (Å²) in [5.74, 6) is 3.44. The average Bonchev–Trinajstić information content (AvgIpc) is 3.24. The van der Waals surface area contributed by atoms with E-state index >= 15 is 0 Å². The monoisotopic (exact) mass is 342 g/mol. The number of halogens is 1. The smallest absolute Gasteiger partial charge is 0.231 e. The number of ether oxygens (including phenoxy) is 2. The molecule has 0 unspecified atom stereocenters. The predicted octanol–water partition coefficient (Wildman–Crippen LogP) is 0.969. The third-order valence-corrected chi connectivity index (χ3v) is 3.79. The van der Waals surface area contributed by atoms with Crippen molar-refractivity contribution in [3.05, 3.63) is 72.0 Å². The fourth-order valence-electron chi connectivity index (χ4n) is 2.61. The number of fused-ring (bicyclic) bond motifs is 1. The van der Waals surface area contributed by atoms with Gasteiger partial charge in [0, 0.05) is 12.1 Å². The van der Waals surface area contributed by atoms with Crippen LogP contribution in [-0.2, 0) is 13.1 Å². The SMILES string of the molecule is [Cl-].c1ccc(-c2ccc(CNCc3ccc4c(c3)OCO4)o2)cc1. The summed E-state index contributed by atoms with van der Waals surface area (Å²) in [5, 5.41) is 3.38. The van der Waals surface area contributed by atoms with Gasteiger partial charge >= 0.3 is 0 Å². The summed E-state index contributed by atoms with van der Waals surface area (Å²) in [6.45, 7) is 1.74. The Morgan fingerprint density at radius 3 is 2.54 bits per heavy atom. The van der Waals surface area contributed by atoms with Crippen molar-refractivity contribution >= 4 is 0 Å². The number of rotatable bonds is 5. The minimum absolute atomic E-state index is 0. The quantitative estimate of drug-likeness (QED) is 0.750. The van der Waals surface area contributed by atoms with Crippen LogP contribution in [-0.4, -0.2) is 6.79 Å². The molecule has 124 valence electrons. The van der Waals surface area contributed by atoms with E-state index in [1.165, 1.54) is 0 Å². The molecule has 1 N–H and O–H groups in total. The zero-order chi connectivity index (χ0) is 15.5. The van der Waals surface area contributed by atoms with Gasteiger partial charge in [0.15, 0.2) is 11.5 Å². The molecule has 0 amide bonds. The first-order valence-electron chi connectivity index (χ1n) is 7.62. The first-order chi connectivity index (χ1) is 11.4. The first-order valence-corrected chi connectivity index (χ1v) is 7.62. The summed E-state index contributed by atoms with van der Waals surface area (Å²) < 4.78 is 16.6. The van der Waals surface area contributed by atoms with Gasteiger partial charge in [0.25, 0.3) is 0 Å². The number of nitrogens with one attached hydrogen (secondary N) is 1. The molecule has 0 bridgehead atoms. The summed E-state index contributed by atoms with van der Waals surface area (Å²) in [4.78, 5) is 0. The highest BCUT2D eigenvalue weighted by Gasteiger charge is 2.13. The summed E-state index contributed by atoms with van der Waals surface area (Å²) >= 11 is 0. The van der Waals surface area contributed by atoms with E-state index in [1.54, 1.807) is 0 Å². The summed E-state index contributed by atoms with van der Waals surface area (Å²) in [6, 6.07) is 20.1. The van der Waals surface area contributed by atoms with Crippen LogP contribution in [0, 0.1) is 0 Å². The fraction of sp³-hybridized carbons (Fsp3) is 0.158. The highest BCUT2D eigenvalue weighted by Crippen LogP contribution is 2.32. The van der Waals surface area contributed by atoms with Crippen molar-refractivity contribution in [1.82, 2.24) is 5.32 Å². The van der Waals surface area contributed by atoms with E-state index in [1.807, 2.05) is 60.7 Å². The van der Waals surface area contributed by atoms with Crippen molar-refractivity contribution in [2.45, 2.75) is 13.1 Å². The Labute approximate surface area is 146 Å². The van der Waals surface area contributed by atoms with Gasteiger partial charge in [0.05, 0.1) is 6.54 Å². The van der Waals surface area contributed by atoms with Crippen molar-refractivity contribution in [2.24, 2.45) is 0 Å². The molecule has 0 radical (unpaired) electrons. The Morgan fingerprint density at radius 1 is 0.833 bits per heavy atom. The highest BCUT2D eigenvalue weighted by atomic mass is 35.5. The van der Waals surface area contributed by atoms with Gasteiger partial charge in [-0.05, 0) is 29.8 Å². The molecule has 2 aromatic carbocycles. The maximum Gasteiger partial charge on any atom is 0.231 e. The lowest BCUT2D eigenvalue weighted by Crippen LogP contribution is -3.00. The van der Waals surface area contributed by atoms with Gasteiger partial charge in [0.2, 0.25) is 6.79 Å². The van der Waals surface area contributed by atoms with Gasteiger partial charge in [-0.2, -0.15) is 0 Å². The maximum absolute atomic E-state index is 5.87. The number of benzene rings is 2. The second kappa shape index (κ2) is 7.43. The average molecular weight is 343 g/mol. The van der Waals surface area contributed by atoms with Gasteiger partial charge < -0.3 is 31.6 Å². The lowest BCUT2D eigenvalue weighted by atomic mass is 10.2. The zero-order valence-corrected chi connectivity index (χ0v) is 13.8. The van der Waals surface area contributed by atoms with Gasteiger partial charge in [-0.25, -0.2) is 0 Å². The van der Waals surface area contributed by atoms with Crippen LogP contribution < -0.4 is 27.2 Å². The Balaban J connectivity index is 0.00000169. The summed E-state index contributed by atoms with van der Waals surface area (Å²) in [5.41, 5.74) is 2.25. The van der Waals surface area contributed by atoms with Crippen LogP contribution in [0.25, 0.3) is 11.3 Å². The Morgan fingerprint density at radius 2 is 1.67 bits per heavy atom. The molecular formula is C19H17ClNO3-. The maximum atomic E-state index is 5.87. The highest BCUT2D eigenvalue weighted by molar-refractivity contribution is 5.57. The molecule has 5 heteroatoms. The molecule has 4 nitrogen and oxygen atoms in total. The van der Waals surface area contributed by atoms with E-state index in [4.69, 9.17) is 13.9 Å². The molecule has 24 heavy (non-hydrogen) atoms. The van der Waals surface area contributed by atoms with Crippen LogP contribution in [0.3, 0.4) is 0 Å². The molecule has 0 fully saturated rings. The molecule has 0 aliphatic carbocycles. The van der Waals surface area contributed by atoms with Crippen molar-refractivity contribution in [1.29, 1.82) is 0 Å². The predicted molar refractivity (Wildman–Crippen MR) is 87.3 cm³/mol. The van der Waals surface area contributed by atoms with Crippen molar-refractivity contribution in [3.63, 3.8) is 0 Å². The lowest BCUT2D eigenvalue weighted by molar-refractivity contribution is -0.00000670. The van der Waals surface area contributed by atoms with E-state index in [9.17, 15) is 0 Å². The normalized spacial score (nSPS) is 12.0. The van der Waals surface area contributed by atoms with Gasteiger partial charge in [-0.3, -0.25) is 0 Å². The number of hydrogen-bond acceptors (Lipinski definition) is 4. The molecule has 0 atom stereocenters. The molecule has 4 rings (SSSR count). The molecule has 2 heterocycles. The molecule has 3 aromatic rings. The first kappa shape index (κ1) is 16.4. The Hall–Kier alpha value is -2.43. The zero-order valence-electron chi connectivity index (χ0n) is 13.0. The van der Waals surface area contributed by atoms with E-state index < -0.39 is 0 Å². The third-order valence-electron chi connectivity index (χ3n) is 3.79. The van der Waals surface area contributed by atoms with E-state index in [0.717, 1.165) is 40.7 Å². The molecular weight excluding hydrogens is 326 g/mol. The minimum Gasteiger partial charge on any atom is -1.00 e. The number of furan rings is 1. The van der Waals surface area contributed by atoms with E-state index in [-0.39, 0.29) is 12.4 Å².